The lowest BCUT2D eigenvalue weighted by atomic mass is 10.1. The van der Waals surface area contributed by atoms with Crippen LogP contribution < -0.4 is 14.8 Å². The van der Waals surface area contributed by atoms with Gasteiger partial charge in [0.25, 0.3) is 5.69 Å². The highest BCUT2D eigenvalue weighted by Crippen LogP contribution is 2.33. The van der Waals surface area contributed by atoms with E-state index in [-0.39, 0.29) is 30.1 Å². The zero-order chi connectivity index (χ0) is 21.1. The Hall–Kier alpha value is -3.17. The molecule has 1 unspecified atom stereocenters. The number of amides is 1. The van der Waals surface area contributed by atoms with Crippen molar-refractivity contribution in [3.05, 3.63) is 58.1 Å². The molecule has 1 atom stereocenters. The molecule has 0 aliphatic carbocycles. The number of ether oxygens (including phenoxy) is 2. The first-order valence-electron chi connectivity index (χ1n) is 9.90. The van der Waals surface area contributed by atoms with E-state index in [9.17, 15) is 14.9 Å². The maximum Gasteiger partial charge on any atom is 0.292 e. The molecule has 2 heterocycles. The molecule has 158 valence electrons. The number of benzene rings is 2. The fourth-order valence-corrected chi connectivity index (χ4v) is 3.75. The zero-order valence-electron chi connectivity index (χ0n) is 16.7. The molecule has 1 saturated heterocycles. The van der Waals surface area contributed by atoms with Crippen molar-refractivity contribution in [2.75, 3.05) is 38.3 Å². The first kappa shape index (κ1) is 20.1. The van der Waals surface area contributed by atoms with Crippen LogP contribution in [-0.4, -0.2) is 59.6 Å². The molecule has 0 bridgehead atoms. The van der Waals surface area contributed by atoms with Gasteiger partial charge in [-0.25, -0.2) is 0 Å². The smallest absolute Gasteiger partial charge is 0.292 e. The summed E-state index contributed by atoms with van der Waals surface area (Å²) in [5.41, 5.74) is 1.28. The highest BCUT2D eigenvalue weighted by Gasteiger charge is 2.27. The molecular formula is C21H24N4O5. The lowest BCUT2D eigenvalue weighted by Gasteiger charge is -2.37. The Morgan fingerprint density at radius 2 is 1.87 bits per heavy atom. The van der Waals surface area contributed by atoms with Crippen LogP contribution in [0, 0.1) is 10.1 Å². The van der Waals surface area contributed by atoms with Crippen molar-refractivity contribution in [1.29, 1.82) is 0 Å². The minimum Gasteiger partial charge on any atom is -0.454 e. The highest BCUT2D eigenvalue weighted by atomic mass is 16.7. The fourth-order valence-electron chi connectivity index (χ4n) is 3.75. The van der Waals surface area contributed by atoms with Gasteiger partial charge >= 0.3 is 0 Å². The monoisotopic (exact) mass is 412 g/mol. The highest BCUT2D eigenvalue weighted by molar-refractivity contribution is 5.96. The third-order valence-electron chi connectivity index (χ3n) is 5.54. The maximum atomic E-state index is 12.7. The normalized spacial score (nSPS) is 17.5. The molecule has 2 aliphatic heterocycles. The Bertz CT molecular complexity index is 943. The van der Waals surface area contributed by atoms with Gasteiger partial charge in [0, 0.05) is 38.8 Å². The summed E-state index contributed by atoms with van der Waals surface area (Å²) in [4.78, 5) is 27.7. The van der Waals surface area contributed by atoms with E-state index in [0.717, 1.165) is 49.8 Å². The quantitative estimate of drug-likeness (QED) is 0.575. The molecule has 0 saturated carbocycles. The van der Waals surface area contributed by atoms with Crippen LogP contribution in [0.1, 0.15) is 12.5 Å². The van der Waals surface area contributed by atoms with Gasteiger partial charge in [-0.05, 0) is 30.7 Å². The Labute approximate surface area is 174 Å². The summed E-state index contributed by atoms with van der Waals surface area (Å²) >= 11 is 0. The van der Waals surface area contributed by atoms with Crippen LogP contribution in [-0.2, 0) is 11.3 Å². The van der Waals surface area contributed by atoms with Crippen LogP contribution >= 0.6 is 0 Å². The Morgan fingerprint density at radius 1 is 1.13 bits per heavy atom. The van der Waals surface area contributed by atoms with Gasteiger partial charge in [0.2, 0.25) is 12.7 Å². The minimum atomic E-state index is -0.491. The number of nitro groups is 1. The average molecular weight is 412 g/mol. The number of nitrogens with zero attached hydrogens (tertiary/aromatic N) is 3. The molecule has 0 aromatic heterocycles. The summed E-state index contributed by atoms with van der Waals surface area (Å²) in [5.74, 6) is 1.32. The van der Waals surface area contributed by atoms with Crippen LogP contribution in [0.25, 0.3) is 0 Å². The number of hydrogen-bond donors (Lipinski definition) is 1. The molecule has 2 aromatic rings. The molecule has 0 spiro atoms. The zero-order valence-corrected chi connectivity index (χ0v) is 16.7. The number of para-hydroxylation sites is 2. The number of nitrogens with one attached hydrogen (secondary N) is 1. The number of nitro benzene ring substituents is 1. The molecule has 2 aliphatic rings. The summed E-state index contributed by atoms with van der Waals surface area (Å²) in [6, 6.07) is 11.8. The van der Waals surface area contributed by atoms with E-state index in [1.807, 2.05) is 25.1 Å². The van der Waals surface area contributed by atoms with Crippen molar-refractivity contribution in [3.8, 4) is 11.5 Å². The van der Waals surface area contributed by atoms with E-state index in [1.54, 1.807) is 18.2 Å². The average Bonchev–Trinajstić information content (AvgIpc) is 3.22. The van der Waals surface area contributed by atoms with E-state index in [4.69, 9.17) is 9.47 Å². The summed E-state index contributed by atoms with van der Waals surface area (Å²) in [7, 11) is 0. The van der Waals surface area contributed by atoms with Gasteiger partial charge in [-0.3, -0.25) is 24.7 Å². The third-order valence-corrected chi connectivity index (χ3v) is 5.54. The van der Waals surface area contributed by atoms with Crippen molar-refractivity contribution in [2.45, 2.75) is 19.5 Å². The van der Waals surface area contributed by atoms with Gasteiger partial charge < -0.3 is 14.8 Å². The number of hydrogen-bond acceptors (Lipinski definition) is 7. The van der Waals surface area contributed by atoms with Crippen LogP contribution in [0.2, 0.25) is 0 Å². The Balaban J connectivity index is 1.30. The van der Waals surface area contributed by atoms with E-state index in [1.165, 1.54) is 6.07 Å². The van der Waals surface area contributed by atoms with Crippen molar-refractivity contribution in [1.82, 2.24) is 9.80 Å². The first-order valence-corrected chi connectivity index (χ1v) is 9.90. The number of carbonyl (C=O) groups is 1. The molecule has 0 radical (unpaired) electrons. The standard InChI is InChI=1S/C21H24N4O5/c1-15(21(26)22-17-4-2-3-5-18(17)25(27)28)24-10-8-23(9-11-24)13-16-6-7-19-20(12-16)30-14-29-19/h2-7,12,15H,8-11,13-14H2,1H3,(H,22,26). The van der Waals surface area contributed by atoms with Crippen molar-refractivity contribution >= 4 is 17.3 Å². The van der Waals surface area contributed by atoms with Crippen LogP contribution in [0.15, 0.2) is 42.5 Å². The maximum absolute atomic E-state index is 12.7. The molecular weight excluding hydrogens is 388 g/mol. The van der Waals surface area contributed by atoms with Crippen molar-refractivity contribution in [3.63, 3.8) is 0 Å². The predicted molar refractivity (Wildman–Crippen MR) is 111 cm³/mol. The molecule has 2 aromatic carbocycles. The number of fused-ring (bicyclic) bond motifs is 1. The van der Waals surface area contributed by atoms with E-state index < -0.39 is 4.92 Å². The van der Waals surface area contributed by atoms with Gasteiger partial charge in [0.1, 0.15) is 5.69 Å². The van der Waals surface area contributed by atoms with Gasteiger partial charge in [-0.1, -0.05) is 18.2 Å². The van der Waals surface area contributed by atoms with Crippen LogP contribution in [0.5, 0.6) is 11.5 Å². The van der Waals surface area contributed by atoms with Crippen LogP contribution in [0.4, 0.5) is 11.4 Å². The van der Waals surface area contributed by atoms with Gasteiger partial charge in [0.15, 0.2) is 11.5 Å². The Morgan fingerprint density at radius 3 is 2.63 bits per heavy atom. The van der Waals surface area contributed by atoms with E-state index in [0.29, 0.717) is 0 Å². The molecule has 9 heteroatoms. The van der Waals surface area contributed by atoms with E-state index in [2.05, 4.69) is 15.1 Å². The topological polar surface area (TPSA) is 97.2 Å². The Kier molecular flexibility index (Phi) is 5.82. The second kappa shape index (κ2) is 8.68. The molecule has 1 fully saturated rings. The minimum absolute atomic E-state index is 0.105. The lowest BCUT2D eigenvalue weighted by molar-refractivity contribution is -0.383. The number of carbonyl (C=O) groups excluding carboxylic acids is 1. The van der Waals surface area contributed by atoms with Gasteiger partial charge in [-0.15, -0.1) is 0 Å². The van der Waals surface area contributed by atoms with Crippen LogP contribution in [0.3, 0.4) is 0 Å². The lowest BCUT2D eigenvalue weighted by Crippen LogP contribution is -2.52. The molecule has 1 N–H and O–H groups in total. The van der Waals surface area contributed by atoms with Gasteiger partial charge in [0.05, 0.1) is 11.0 Å². The number of rotatable bonds is 6. The summed E-state index contributed by atoms with van der Waals surface area (Å²) in [6.45, 7) is 6.06. The predicted octanol–water partition coefficient (Wildman–Crippen LogP) is 2.47. The third kappa shape index (κ3) is 4.37. The first-order chi connectivity index (χ1) is 14.5. The largest absolute Gasteiger partial charge is 0.454 e. The summed E-state index contributed by atoms with van der Waals surface area (Å²) in [5, 5.41) is 13.8. The number of anilines is 1. The second-order valence-electron chi connectivity index (χ2n) is 7.44. The molecule has 30 heavy (non-hydrogen) atoms. The van der Waals surface area contributed by atoms with E-state index >= 15 is 0 Å². The summed E-state index contributed by atoms with van der Waals surface area (Å²) in [6.07, 6.45) is 0. The second-order valence-corrected chi connectivity index (χ2v) is 7.44. The molecule has 9 nitrogen and oxygen atoms in total. The molecule has 1 amide bonds. The van der Waals surface area contributed by atoms with Crippen molar-refractivity contribution in [2.24, 2.45) is 0 Å². The van der Waals surface area contributed by atoms with Crippen molar-refractivity contribution < 1.29 is 19.2 Å². The number of piperazine rings is 1. The fraction of sp³-hybridized carbons (Fsp3) is 0.381. The SMILES string of the molecule is CC(C(=O)Nc1ccccc1[N+](=O)[O-])N1CCN(Cc2ccc3c(c2)OCO3)CC1. The summed E-state index contributed by atoms with van der Waals surface area (Å²) < 4.78 is 10.8. The van der Waals surface area contributed by atoms with Gasteiger partial charge in [-0.2, -0.15) is 0 Å². The molecule has 4 rings (SSSR count).